The van der Waals surface area contributed by atoms with E-state index < -0.39 is 16.6 Å². The van der Waals surface area contributed by atoms with Gasteiger partial charge in [0.1, 0.15) is 5.57 Å². The maximum Gasteiger partial charge on any atom is 0.343 e. The molecule has 0 radical (unpaired) electrons. The molecule has 4 nitrogen and oxygen atoms in total. The van der Waals surface area contributed by atoms with Crippen molar-refractivity contribution in [2.75, 3.05) is 21.2 Å². The molecule has 0 atom stereocenters. The maximum absolute atomic E-state index is 11.3. The van der Waals surface area contributed by atoms with Crippen LogP contribution >= 0.6 is 23.2 Å². The number of hydrogen-bond acceptors (Lipinski definition) is 4. The van der Waals surface area contributed by atoms with Gasteiger partial charge in [0.25, 0.3) is 0 Å². The summed E-state index contributed by atoms with van der Waals surface area (Å²) in [5, 5.41) is 0. The van der Waals surface area contributed by atoms with Gasteiger partial charge in [0.05, 0.1) is 7.11 Å². The van der Waals surface area contributed by atoms with E-state index >= 15 is 0 Å². The monoisotopic (exact) mass is 239 g/mol. The highest BCUT2D eigenvalue weighted by molar-refractivity contribution is 6.56. The van der Waals surface area contributed by atoms with E-state index in [9.17, 15) is 9.59 Å². The van der Waals surface area contributed by atoms with Crippen LogP contribution in [0.15, 0.2) is 11.8 Å². The third-order valence-electron chi connectivity index (χ3n) is 1.26. The Bertz CT molecular complexity index is 261. The van der Waals surface area contributed by atoms with Crippen LogP contribution in [0, 0.1) is 0 Å². The molecule has 0 aromatic heterocycles. The first kappa shape index (κ1) is 13.3. The third kappa shape index (κ3) is 3.98. The van der Waals surface area contributed by atoms with Crippen LogP contribution in [-0.2, 0) is 14.3 Å². The number of halogens is 2. The number of alkyl halides is 2. The first-order valence-electron chi connectivity index (χ1n) is 3.69. The number of methoxy groups -OCH3 is 1. The number of nitrogens with zero attached hydrogens (tertiary/aromatic N) is 1. The fourth-order valence-electron chi connectivity index (χ4n) is 0.703. The van der Waals surface area contributed by atoms with E-state index in [2.05, 4.69) is 4.74 Å². The first-order chi connectivity index (χ1) is 6.40. The third-order valence-corrected chi connectivity index (χ3v) is 1.65. The summed E-state index contributed by atoms with van der Waals surface area (Å²) in [7, 11) is 4.50. The van der Waals surface area contributed by atoms with Crippen molar-refractivity contribution in [1.82, 2.24) is 4.90 Å². The minimum atomic E-state index is -1.26. The molecule has 6 heteroatoms. The van der Waals surface area contributed by atoms with Crippen LogP contribution in [0.5, 0.6) is 0 Å². The van der Waals surface area contributed by atoms with Crippen molar-refractivity contribution in [2.45, 2.75) is 4.84 Å². The second kappa shape index (κ2) is 5.88. The van der Waals surface area contributed by atoms with E-state index in [1.54, 1.807) is 14.1 Å². The van der Waals surface area contributed by atoms with Crippen molar-refractivity contribution in [3.63, 3.8) is 0 Å². The molecule has 0 aromatic rings. The molecule has 0 unspecified atom stereocenters. The summed E-state index contributed by atoms with van der Waals surface area (Å²) in [5.41, 5.74) is -0.174. The number of Topliss-reactive ketones (excluding diaryl/α,β-unsaturated/α-hetero) is 1. The highest BCUT2D eigenvalue weighted by Crippen LogP contribution is 2.12. The summed E-state index contributed by atoms with van der Waals surface area (Å²) in [4.78, 5) is 22.7. The largest absolute Gasteiger partial charge is 0.465 e. The molecule has 0 N–H and O–H groups in total. The minimum Gasteiger partial charge on any atom is -0.465 e. The molecule has 0 saturated carbocycles. The zero-order valence-electron chi connectivity index (χ0n) is 8.08. The number of carbonyl (C=O) groups excluding carboxylic acids is 2. The molecule has 0 aliphatic rings. The molecule has 0 saturated heterocycles. The van der Waals surface area contributed by atoms with Gasteiger partial charge in [-0.05, 0) is 0 Å². The van der Waals surface area contributed by atoms with Gasteiger partial charge in [-0.15, -0.1) is 0 Å². The van der Waals surface area contributed by atoms with Crippen LogP contribution in [0.3, 0.4) is 0 Å². The lowest BCUT2D eigenvalue weighted by molar-refractivity contribution is -0.137. The molecule has 0 rings (SSSR count). The Morgan fingerprint density at radius 2 is 1.86 bits per heavy atom. The van der Waals surface area contributed by atoms with E-state index in [0.717, 1.165) is 0 Å². The first-order valence-corrected chi connectivity index (χ1v) is 4.56. The van der Waals surface area contributed by atoms with Crippen molar-refractivity contribution in [3.8, 4) is 0 Å². The predicted octanol–water partition coefficient (Wildman–Crippen LogP) is 0.978. The van der Waals surface area contributed by atoms with Gasteiger partial charge in [0.2, 0.25) is 5.78 Å². The quantitative estimate of drug-likeness (QED) is 0.241. The second-order valence-corrected chi connectivity index (χ2v) is 3.76. The van der Waals surface area contributed by atoms with Crippen LogP contribution in [0.2, 0.25) is 0 Å². The number of hydrogen-bond donors (Lipinski definition) is 0. The fraction of sp³-hybridized carbons (Fsp3) is 0.500. The van der Waals surface area contributed by atoms with Gasteiger partial charge in [-0.25, -0.2) is 4.79 Å². The molecular formula is C8H11Cl2NO3. The van der Waals surface area contributed by atoms with Crippen molar-refractivity contribution in [1.29, 1.82) is 0 Å². The van der Waals surface area contributed by atoms with Gasteiger partial charge in [0, 0.05) is 20.3 Å². The zero-order chi connectivity index (χ0) is 11.3. The van der Waals surface area contributed by atoms with Gasteiger partial charge in [-0.2, -0.15) is 0 Å². The van der Waals surface area contributed by atoms with E-state index in [1.165, 1.54) is 18.2 Å². The Balaban J connectivity index is 4.92. The predicted molar refractivity (Wildman–Crippen MR) is 54.3 cm³/mol. The molecule has 0 heterocycles. The summed E-state index contributed by atoms with van der Waals surface area (Å²) in [6, 6.07) is 0. The van der Waals surface area contributed by atoms with Crippen molar-refractivity contribution < 1.29 is 14.3 Å². The molecule has 0 aliphatic carbocycles. The molecule has 0 aliphatic heterocycles. The molecule has 80 valence electrons. The lowest BCUT2D eigenvalue weighted by Gasteiger charge is -2.09. The Labute approximate surface area is 92.4 Å². The minimum absolute atomic E-state index is 0.174. The summed E-state index contributed by atoms with van der Waals surface area (Å²) < 4.78 is 4.41. The number of rotatable bonds is 4. The Kier molecular flexibility index (Phi) is 5.57. The maximum atomic E-state index is 11.3. The number of ketones is 1. The average molecular weight is 240 g/mol. The van der Waals surface area contributed by atoms with E-state index in [4.69, 9.17) is 23.2 Å². The topological polar surface area (TPSA) is 46.6 Å². The smallest absolute Gasteiger partial charge is 0.343 e. The van der Waals surface area contributed by atoms with Crippen molar-refractivity contribution >= 4 is 35.0 Å². The van der Waals surface area contributed by atoms with Crippen LogP contribution in [0.25, 0.3) is 0 Å². The number of carbonyl (C=O) groups is 2. The molecule has 0 bridgehead atoms. The summed E-state index contributed by atoms with van der Waals surface area (Å²) in [5.74, 6) is -1.43. The molecule has 0 spiro atoms. The Morgan fingerprint density at radius 1 is 1.36 bits per heavy atom. The Hall–Kier alpha value is -0.740. The summed E-state index contributed by atoms with van der Waals surface area (Å²) in [6.45, 7) is 0. The Morgan fingerprint density at radius 3 is 2.14 bits per heavy atom. The molecule has 0 amide bonds. The number of esters is 1. The van der Waals surface area contributed by atoms with Gasteiger partial charge >= 0.3 is 5.97 Å². The van der Waals surface area contributed by atoms with Crippen molar-refractivity contribution in [2.24, 2.45) is 0 Å². The van der Waals surface area contributed by atoms with Crippen LogP contribution in [0.4, 0.5) is 0 Å². The van der Waals surface area contributed by atoms with Crippen LogP contribution < -0.4 is 0 Å². The van der Waals surface area contributed by atoms with Gasteiger partial charge in [0.15, 0.2) is 4.84 Å². The molecule has 14 heavy (non-hydrogen) atoms. The van der Waals surface area contributed by atoms with Gasteiger partial charge in [-0.3, -0.25) is 4.79 Å². The lowest BCUT2D eigenvalue weighted by Crippen LogP contribution is -2.22. The van der Waals surface area contributed by atoms with E-state index in [1.807, 2.05) is 0 Å². The fourth-order valence-corrected chi connectivity index (χ4v) is 0.938. The van der Waals surface area contributed by atoms with E-state index in [0.29, 0.717) is 0 Å². The molecule has 0 fully saturated rings. The second-order valence-electron chi connectivity index (χ2n) is 2.66. The van der Waals surface area contributed by atoms with Crippen LogP contribution in [-0.4, -0.2) is 42.7 Å². The van der Waals surface area contributed by atoms with Crippen molar-refractivity contribution in [3.05, 3.63) is 11.8 Å². The highest BCUT2D eigenvalue weighted by atomic mass is 35.5. The lowest BCUT2D eigenvalue weighted by atomic mass is 10.2. The molecular weight excluding hydrogens is 229 g/mol. The number of ether oxygens (including phenoxy) is 1. The van der Waals surface area contributed by atoms with Gasteiger partial charge in [-0.1, -0.05) is 23.2 Å². The highest BCUT2D eigenvalue weighted by Gasteiger charge is 2.24. The zero-order valence-corrected chi connectivity index (χ0v) is 9.59. The molecule has 0 aromatic carbocycles. The average Bonchev–Trinajstić information content (AvgIpc) is 2.11. The van der Waals surface area contributed by atoms with Crippen LogP contribution in [0.1, 0.15) is 0 Å². The summed E-state index contributed by atoms with van der Waals surface area (Å²) >= 11 is 10.7. The standard InChI is InChI=1S/C8H11Cl2NO3/c1-11(2)4-5(8(13)14-3)6(12)7(9)10/h4,7H,1-3H3/b5-4-. The SMILES string of the molecule is COC(=O)/C(=C\N(C)C)C(=O)C(Cl)Cl. The van der Waals surface area contributed by atoms with Gasteiger partial charge < -0.3 is 9.64 Å². The summed E-state index contributed by atoms with van der Waals surface area (Å²) in [6.07, 6.45) is 1.31. The normalized spacial score (nSPS) is 11.4. The van der Waals surface area contributed by atoms with E-state index in [-0.39, 0.29) is 5.57 Å².